The van der Waals surface area contributed by atoms with Gasteiger partial charge in [0.2, 0.25) is 5.78 Å². The van der Waals surface area contributed by atoms with E-state index in [-0.39, 0.29) is 40.7 Å². The Balaban J connectivity index is 2.15. The van der Waals surface area contributed by atoms with Gasteiger partial charge in [-0.2, -0.15) is 0 Å². The largest absolute Gasteiger partial charge is 0.508 e. The molecule has 0 saturated heterocycles. The molecule has 7 nitrogen and oxygen atoms in total. The highest BCUT2D eigenvalue weighted by molar-refractivity contribution is 6.08. The van der Waals surface area contributed by atoms with Gasteiger partial charge in [0.05, 0.1) is 14.2 Å². The van der Waals surface area contributed by atoms with Crippen LogP contribution in [0.2, 0.25) is 0 Å². The van der Waals surface area contributed by atoms with Crippen LogP contribution < -0.4 is 14.2 Å². The highest BCUT2D eigenvalue weighted by Crippen LogP contribution is 2.46. The van der Waals surface area contributed by atoms with Crippen molar-refractivity contribution in [1.82, 2.24) is 0 Å². The van der Waals surface area contributed by atoms with Gasteiger partial charge in [-0.15, -0.1) is 0 Å². The van der Waals surface area contributed by atoms with Crippen molar-refractivity contribution in [2.45, 2.75) is 25.9 Å². The summed E-state index contributed by atoms with van der Waals surface area (Å²) in [5, 5.41) is 31.9. The van der Waals surface area contributed by atoms with Gasteiger partial charge < -0.3 is 29.5 Å². The lowest BCUT2D eigenvalue weighted by Crippen LogP contribution is -2.45. The van der Waals surface area contributed by atoms with Crippen LogP contribution in [0.25, 0.3) is 0 Å². The fourth-order valence-corrected chi connectivity index (χ4v) is 3.37. The van der Waals surface area contributed by atoms with Crippen molar-refractivity contribution >= 4 is 5.78 Å². The maximum Gasteiger partial charge on any atom is 0.210 e. The number of hydrogen-bond donors (Lipinski definition) is 3. The lowest BCUT2D eigenvalue weighted by atomic mass is 9.82. The summed E-state index contributed by atoms with van der Waals surface area (Å²) in [5.74, 6) is -0.451. The number of aliphatic hydroxyl groups is 1. The number of hydrogen-bond acceptors (Lipinski definition) is 7. The quantitative estimate of drug-likeness (QED) is 0.662. The third-order valence-corrected chi connectivity index (χ3v) is 4.93. The van der Waals surface area contributed by atoms with Gasteiger partial charge in [-0.1, -0.05) is 11.6 Å². The molecule has 0 fully saturated rings. The third kappa shape index (κ3) is 3.49. The molecule has 2 aromatic carbocycles. The molecule has 0 saturated carbocycles. The monoisotopic (exact) mass is 400 g/mol. The Morgan fingerprint density at radius 3 is 2.52 bits per heavy atom. The predicted octanol–water partition coefficient (Wildman–Crippen LogP) is 3.09. The van der Waals surface area contributed by atoms with Crippen molar-refractivity contribution < 1.29 is 34.3 Å². The second kappa shape index (κ2) is 7.67. The minimum absolute atomic E-state index is 0.0103. The highest BCUT2D eigenvalue weighted by atomic mass is 16.5. The third-order valence-electron chi connectivity index (χ3n) is 4.93. The Kier molecular flexibility index (Phi) is 5.44. The van der Waals surface area contributed by atoms with Crippen molar-refractivity contribution in [3.63, 3.8) is 0 Å². The number of carbonyl (C=O) groups excluding carboxylic acids is 1. The Bertz CT molecular complexity index is 989. The summed E-state index contributed by atoms with van der Waals surface area (Å²) in [5.41, 5.74) is -0.600. The molecule has 0 bridgehead atoms. The number of phenols is 2. The molecule has 7 heteroatoms. The molecule has 154 valence electrons. The summed E-state index contributed by atoms with van der Waals surface area (Å²) in [6.07, 6.45) is 2.26. The van der Waals surface area contributed by atoms with Gasteiger partial charge in [0, 0.05) is 23.3 Å². The summed E-state index contributed by atoms with van der Waals surface area (Å²) < 4.78 is 16.2. The molecule has 1 aliphatic heterocycles. The van der Waals surface area contributed by atoms with Gasteiger partial charge in [0.15, 0.2) is 5.60 Å². The summed E-state index contributed by atoms with van der Waals surface area (Å²) in [6.45, 7) is 3.47. The minimum Gasteiger partial charge on any atom is -0.508 e. The first-order chi connectivity index (χ1) is 13.7. The number of rotatable bonds is 5. The number of ether oxygens (including phenoxy) is 3. The lowest BCUT2D eigenvalue weighted by Gasteiger charge is -2.34. The van der Waals surface area contributed by atoms with Crippen LogP contribution in [-0.2, 0) is 12.0 Å². The van der Waals surface area contributed by atoms with E-state index in [2.05, 4.69) is 0 Å². The number of fused-ring (bicyclic) bond motifs is 1. The minimum atomic E-state index is -2.10. The molecule has 0 spiro atoms. The topological polar surface area (TPSA) is 105 Å². The van der Waals surface area contributed by atoms with Gasteiger partial charge in [0.1, 0.15) is 40.9 Å². The van der Waals surface area contributed by atoms with E-state index in [9.17, 15) is 20.1 Å². The SMILES string of the molecule is COc1cc(O)c2c(c1)OCC(O)(c1ccc(O)c(CC=C(C)C)c1OC)C2=O. The second-order valence-corrected chi connectivity index (χ2v) is 7.13. The van der Waals surface area contributed by atoms with E-state index in [1.807, 2.05) is 19.9 Å². The summed E-state index contributed by atoms with van der Waals surface area (Å²) in [4.78, 5) is 13.2. The first kappa shape index (κ1) is 20.5. The van der Waals surface area contributed by atoms with Gasteiger partial charge in [0.25, 0.3) is 0 Å². The molecule has 0 aliphatic carbocycles. The average Bonchev–Trinajstić information content (AvgIpc) is 2.68. The first-order valence-electron chi connectivity index (χ1n) is 9.06. The van der Waals surface area contributed by atoms with Crippen LogP contribution in [0, 0.1) is 0 Å². The summed E-state index contributed by atoms with van der Waals surface area (Å²) >= 11 is 0. The van der Waals surface area contributed by atoms with Gasteiger partial charge in [-0.25, -0.2) is 0 Å². The number of phenolic OH excluding ortho intramolecular Hbond substituents is 2. The highest BCUT2D eigenvalue weighted by Gasteiger charge is 2.48. The molecule has 0 radical (unpaired) electrons. The van der Waals surface area contributed by atoms with Crippen LogP contribution in [0.1, 0.15) is 35.3 Å². The normalized spacial score (nSPS) is 17.9. The number of allylic oxidation sites excluding steroid dienone is 2. The van der Waals surface area contributed by atoms with E-state index in [0.29, 0.717) is 17.7 Å². The van der Waals surface area contributed by atoms with Crippen LogP contribution in [0.5, 0.6) is 28.7 Å². The molecule has 1 aliphatic rings. The smallest absolute Gasteiger partial charge is 0.210 e. The van der Waals surface area contributed by atoms with E-state index in [4.69, 9.17) is 14.2 Å². The van der Waals surface area contributed by atoms with E-state index in [1.54, 1.807) is 0 Å². The molecule has 1 heterocycles. The predicted molar refractivity (Wildman–Crippen MR) is 106 cm³/mol. The van der Waals surface area contributed by atoms with Crippen LogP contribution >= 0.6 is 0 Å². The van der Waals surface area contributed by atoms with Crippen LogP contribution in [0.3, 0.4) is 0 Å². The van der Waals surface area contributed by atoms with Crippen LogP contribution in [-0.4, -0.2) is 41.9 Å². The van der Waals surface area contributed by atoms with E-state index < -0.39 is 11.4 Å². The van der Waals surface area contributed by atoms with Crippen molar-refractivity contribution in [3.05, 3.63) is 52.6 Å². The Morgan fingerprint density at radius 1 is 1.17 bits per heavy atom. The molecule has 0 amide bonds. The zero-order chi connectivity index (χ0) is 21.3. The number of methoxy groups -OCH3 is 2. The number of ketones is 1. The molecule has 3 N–H and O–H groups in total. The van der Waals surface area contributed by atoms with Crippen molar-refractivity contribution in [2.75, 3.05) is 20.8 Å². The molecule has 0 aromatic heterocycles. The molecule has 3 rings (SSSR count). The molecule has 29 heavy (non-hydrogen) atoms. The van der Waals surface area contributed by atoms with Gasteiger partial charge in [-0.05, 0) is 32.4 Å². The van der Waals surface area contributed by atoms with Crippen molar-refractivity contribution in [3.8, 4) is 28.7 Å². The standard InChI is InChI=1S/C22H24O7/c1-12(2)5-6-14-16(23)8-7-15(20(14)28-4)22(26)11-29-18-10-13(27-3)9-17(24)19(18)21(22)25/h5,7-10,23-24,26H,6,11H2,1-4H3. The Hall–Kier alpha value is -3.19. The number of carbonyl (C=O) groups is 1. The lowest BCUT2D eigenvalue weighted by molar-refractivity contribution is -0.00680. The fourth-order valence-electron chi connectivity index (χ4n) is 3.37. The molecular weight excluding hydrogens is 376 g/mol. The van der Waals surface area contributed by atoms with Crippen molar-refractivity contribution in [2.24, 2.45) is 0 Å². The zero-order valence-electron chi connectivity index (χ0n) is 16.8. The van der Waals surface area contributed by atoms with Gasteiger partial charge >= 0.3 is 0 Å². The van der Waals surface area contributed by atoms with Gasteiger partial charge in [-0.3, -0.25) is 4.79 Å². The van der Waals surface area contributed by atoms with E-state index >= 15 is 0 Å². The van der Waals surface area contributed by atoms with Crippen LogP contribution in [0.4, 0.5) is 0 Å². The summed E-state index contributed by atoms with van der Waals surface area (Å²) in [6, 6.07) is 5.58. The Labute approximate surface area is 168 Å². The molecule has 2 aromatic rings. The second-order valence-electron chi connectivity index (χ2n) is 7.13. The number of benzene rings is 2. The summed E-state index contributed by atoms with van der Waals surface area (Å²) in [7, 11) is 2.83. The maximum atomic E-state index is 13.2. The first-order valence-corrected chi connectivity index (χ1v) is 9.06. The van der Waals surface area contributed by atoms with E-state index in [0.717, 1.165) is 5.57 Å². The molecule has 1 atom stereocenters. The zero-order valence-corrected chi connectivity index (χ0v) is 16.8. The fraction of sp³-hybridized carbons (Fsp3) is 0.318. The Morgan fingerprint density at radius 2 is 1.90 bits per heavy atom. The molecule has 1 unspecified atom stereocenters. The maximum absolute atomic E-state index is 13.2. The van der Waals surface area contributed by atoms with E-state index in [1.165, 1.54) is 38.5 Å². The molecular formula is C22H24O7. The average molecular weight is 400 g/mol. The number of Topliss-reactive ketones (excluding diaryl/α,β-unsaturated/α-hetero) is 1. The number of aromatic hydroxyl groups is 2. The van der Waals surface area contributed by atoms with Crippen molar-refractivity contribution in [1.29, 1.82) is 0 Å². The van der Waals surface area contributed by atoms with Crippen LogP contribution in [0.15, 0.2) is 35.9 Å².